The van der Waals surface area contributed by atoms with Crippen LogP contribution >= 0.6 is 0 Å². The van der Waals surface area contributed by atoms with E-state index < -0.39 is 47.9 Å². The van der Waals surface area contributed by atoms with Crippen molar-refractivity contribution in [3.05, 3.63) is 71.8 Å². The molecule has 52 heavy (non-hydrogen) atoms. The van der Waals surface area contributed by atoms with E-state index in [0.717, 1.165) is 36.3 Å². The maximum atomic E-state index is 13.9. The van der Waals surface area contributed by atoms with Gasteiger partial charge in [0.1, 0.15) is 12.6 Å². The average Bonchev–Trinajstić information content (AvgIpc) is 3.09. The fourth-order valence-electron chi connectivity index (χ4n) is 7.12. The van der Waals surface area contributed by atoms with Gasteiger partial charge in [-0.2, -0.15) is 0 Å². The van der Waals surface area contributed by atoms with Gasteiger partial charge >= 0.3 is 6.09 Å². The topological polar surface area (TPSA) is 247 Å². The van der Waals surface area contributed by atoms with Crippen LogP contribution in [0, 0.1) is 17.3 Å². The van der Waals surface area contributed by atoms with E-state index in [1.165, 1.54) is 0 Å². The highest BCUT2D eigenvalue weighted by atomic mass is 16.5. The predicted molar refractivity (Wildman–Crippen MR) is 197 cm³/mol. The summed E-state index contributed by atoms with van der Waals surface area (Å²) in [7, 11) is 0. The number of ketones is 1. The highest BCUT2D eigenvalue weighted by Crippen LogP contribution is 2.66. The lowest BCUT2D eigenvalue weighted by Crippen LogP contribution is -2.57. The van der Waals surface area contributed by atoms with Crippen molar-refractivity contribution >= 4 is 35.6 Å². The van der Waals surface area contributed by atoms with Crippen molar-refractivity contribution in [2.24, 2.45) is 45.2 Å². The van der Waals surface area contributed by atoms with Crippen molar-refractivity contribution in [2.75, 3.05) is 13.1 Å². The fraction of sp³-hybridized carbons (Fsp3) is 0.526. The zero-order chi connectivity index (χ0) is 37.5. The Morgan fingerprint density at radius 3 is 2.02 bits per heavy atom. The minimum atomic E-state index is -0.990. The van der Waals surface area contributed by atoms with Crippen molar-refractivity contribution in [3.63, 3.8) is 0 Å². The monoisotopic (exact) mass is 718 g/mol. The van der Waals surface area contributed by atoms with Gasteiger partial charge in [0.2, 0.25) is 17.7 Å². The molecule has 2 aromatic carbocycles. The predicted octanol–water partition coefficient (Wildman–Crippen LogP) is 1.93. The molecule has 3 aliphatic carbocycles. The molecule has 0 aliphatic heterocycles. The number of nitrogens with one attached hydrogen (secondary N) is 3. The number of nitrogens with two attached hydrogens (primary N) is 4. The van der Waals surface area contributed by atoms with Gasteiger partial charge in [-0.15, -0.1) is 0 Å². The van der Waals surface area contributed by atoms with Crippen LogP contribution in [-0.2, 0) is 36.9 Å². The lowest BCUT2D eigenvalue weighted by Gasteiger charge is -2.62. The molecule has 14 heteroatoms. The molecule has 0 unspecified atom stereocenters. The number of alkyl carbamates (subject to hydrolysis) is 1. The molecule has 14 nitrogen and oxygen atoms in total. The van der Waals surface area contributed by atoms with E-state index in [4.69, 9.17) is 27.7 Å². The Kier molecular flexibility index (Phi) is 15.0. The summed E-state index contributed by atoms with van der Waals surface area (Å²) in [5.41, 5.74) is 24.8. The number of Topliss-reactive ketones (excluding diaryl/α,β-unsaturated/α-hetero) is 1. The summed E-state index contributed by atoms with van der Waals surface area (Å²) < 4.78 is 5.21. The Labute approximate surface area is 305 Å². The van der Waals surface area contributed by atoms with Crippen LogP contribution in [0.5, 0.6) is 0 Å². The SMILES string of the molecule is NC(=O)[C@H](CCCCNC(=O)OCc1ccccc1)NC(=O)[C@@H](CC(=O)[C@H](CCCN=C(N)N)NC(=O)[C@@H](N)CC12CC(C1)C2)Cc1ccccc1. The first-order valence-corrected chi connectivity index (χ1v) is 18.2. The summed E-state index contributed by atoms with van der Waals surface area (Å²) in [6, 6.07) is 15.9. The standard InChI is InChI=1S/C38H54N8O6/c39-29(23-38-20-27(21-38)22-38)35(50)45-30(15-9-17-43-36(41)42)32(47)19-28(18-25-10-3-1-4-11-25)34(49)46-31(33(40)48)14-7-8-16-44-37(51)52-24-26-12-5-2-6-13-26/h1-6,10-13,27-31H,7-9,14-24,39H2,(H2,40,48)(H,44,51)(H,45,50)(H,46,49)(H4,41,42,43)/t27?,28-,29+,30+,31+,38?/m1/s1. The van der Waals surface area contributed by atoms with E-state index in [9.17, 15) is 24.0 Å². The second kappa shape index (κ2) is 19.6. The zero-order valence-electron chi connectivity index (χ0n) is 29.8. The van der Waals surface area contributed by atoms with Crippen LogP contribution in [-0.4, -0.2) is 66.8 Å². The number of carbonyl (C=O) groups is 5. The molecule has 0 spiro atoms. The number of ether oxygens (including phenoxy) is 1. The van der Waals surface area contributed by atoms with E-state index in [0.29, 0.717) is 32.2 Å². The third kappa shape index (κ3) is 12.7. The molecule has 5 rings (SSSR count). The molecule has 2 aromatic rings. The van der Waals surface area contributed by atoms with Crippen LogP contribution < -0.4 is 38.9 Å². The number of unbranched alkanes of at least 4 members (excludes halogenated alkanes) is 1. The van der Waals surface area contributed by atoms with Crippen molar-refractivity contribution in [1.82, 2.24) is 16.0 Å². The van der Waals surface area contributed by atoms with Crippen LogP contribution in [0.25, 0.3) is 0 Å². The molecule has 4 amide bonds. The molecule has 0 heterocycles. The van der Waals surface area contributed by atoms with Crippen LogP contribution in [0.15, 0.2) is 65.7 Å². The third-order valence-electron chi connectivity index (χ3n) is 10.0. The Hall–Kier alpha value is -4.98. The number of guanidine groups is 1. The summed E-state index contributed by atoms with van der Waals surface area (Å²) in [6.07, 6.45) is 5.20. The van der Waals surface area contributed by atoms with Crippen molar-refractivity contribution in [1.29, 1.82) is 0 Å². The number of nitrogens with zero attached hydrogens (tertiary/aromatic N) is 1. The number of aliphatic imine (C=N–C) groups is 1. The van der Waals surface area contributed by atoms with E-state index in [1.54, 1.807) is 0 Å². The molecular formula is C38H54N8O6. The molecule has 0 aromatic heterocycles. The van der Waals surface area contributed by atoms with Crippen LogP contribution in [0.3, 0.4) is 0 Å². The highest BCUT2D eigenvalue weighted by Gasteiger charge is 2.57. The molecule has 0 radical (unpaired) electrons. The fourth-order valence-corrected chi connectivity index (χ4v) is 7.12. The van der Waals surface area contributed by atoms with Gasteiger partial charge in [0.25, 0.3) is 0 Å². The quantitative estimate of drug-likeness (QED) is 0.0503. The molecule has 0 saturated heterocycles. The molecular weight excluding hydrogens is 664 g/mol. The Bertz CT molecular complexity index is 1520. The first-order valence-electron chi connectivity index (χ1n) is 18.2. The maximum Gasteiger partial charge on any atom is 0.407 e. The number of rotatable bonds is 23. The lowest BCUT2D eigenvalue weighted by atomic mass is 9.43. The van der Waals surface area contributed by atoms with Crippen molar-refractivity contribution in [2.45, 2.75) is 95.4 Å². The summed E-state index contributed by atoms with van der Waals surface area (Å²) in [6.45, 7) is 0.714. The van der Waals surface area contributed by atoms with Gasteiger partial charge in [-0.3, -0.25) is 24.2 Å². The summed E-state index contributed by atoms with van der Waals surface area (Å²) in [5.74, 6) is -2.14. The van der Waals surface area contributed by atoms with Gasteiger partial charge in [0, 0.05) is 25.4 Å². The number of primary amides is 1. The summed E-state index contributed by atoms with van der Waals surface area (Å²) in [5, 5.41) is 8.29. The number of carbonyl (C=O) groups excluding carboxylic acids is 5. The van der Waals surface area contributed by atoms with Crippen molar-refractivity contribution < 1.29 is 28.7 Å². The summed E-state index contributed by atoms with van der Waals surface area (Å²) >= 11 is 0. The Morgan fingerprint density at radius 1 is 0.808 bits per heavy atom. The van der Waals surface area contributed by atoms with Gasteiger partial charge in [-0.1, -0.05) is 60.7 Å². The average molecular weight is 719 g/mol. The van der Waals surface area contributed by atoms with Crippen molar-refractivity contribution in [3.8, 4) is 0 Å². The van der Waals surface area contributed by atoms with Crippen LogP contribution in [0.2, 0.25) is 0 Å². The van der Waals surface area contributed by atoms with Gasteiger partial charge < -0.3 is 43.6 Å². The largest absolute Gasteiger partial charge is 0.445 e. The number of benzene rings is 2. The molecule has 3 saturated carbocycles. The third-order valence-corrected chi connectivity index (χ3v) is 10.0. The maximum absolute atomic E-state index is 13.9. The first kappa shape index (κ1) is 39.8. The first-order chi connectivity index (χ1) is 24.9. The number of hydrogen-bond donors (Lipinski definition) is 7. The molecule has 3 aliphatic rings. The minimum absolute atomic E-state index is 0.0753. The summed E-state index contributed by atoms with van der Waals surface area (Å²) in [4.78, 5) is 69.3. The smallest absolute Gasteiger partial charge is 0.407 e. The normalized spacial score (nSPS) is 19.3. The molecule has 282 valence electrons. The van der Waals surface area contributed by atoms with E-state index in [-0.39, 0.29) is 56.0 Å². The zero-order valence-corrected chi connectivity index (χ0v) is 29.8. The molecule has 11 N–H and O–H groups in total. The molecule has 3 fully saturated rings. The molecule has 4 atom stereocenters. The van der Waals surface area contributed by atoms with Gasteiger partial charge in [0.05, 0.1) is 12.1 Å². The number of hydrogen-bond acceptors (Lipinski definition) is 8. The van der Waals surface area contributed by atoms with Gasteiger partial charge in [0.15, 0.2) is 11.7 Å². The van der Waals surface area contributed by atoms with E-state index >= 15 is 0 Å². The van der Waals surface area contributed by atoms with Crippen LogP contribution in [0.1, 0.15) is 75.3 Å². The Morgan fingerprint density at radius 2 is 1.42 bits per heavy atom. The van der Waals surface area contributed by atoms with Gasteiger partial charge in [-0.25, -0.2) is 4.79 Å². The second-order valence-electron chi connectivity index (χ2n) is 14.3. The number of amides is 4. The van der Waals surface area contributed by atoms with Gasteiger partial charge in [-0.05, 0) is 86.7 Å². The van der Waals surface area contributed by atoms with Crippen LogP contribution in [0.4, 0.5) is 4.79 Å². The second-order valence-corrected chi connectivity index (χ2v) is 14.3. The molecule has 2 bridgehead atoms. The van der Waals surface area contributed by atoms with E-state index in [1.807, 2.05) is 60.7 Å². The minimum Gasteiger partial charge on any atom is -0.445 e. The Balaban J connectivity index is 1.33. The van der Waals surface area contributed by atoms with E-state index in [2.05, 4.69) is 20.9 Å². The highest BCUT2D eigenvalue weighted by molar-refractivity contribution is 5.94. The lowest BCUT2D eigenvalue weighted by molar-refractivity contribution is -0.138.